The number of hydrogen-bond acceptors (Lipinski definition) is 8. The van der Waals surface area contributed by atoms with Crippen LogP contribution in [0, 0.1) is 0 Å². The number of imide groups is 1. The Labute approximate surface area is 320 Å². The van der Waals surface area contributed by atoms with Crippen LogP contribution in [-0.4, -0.2) is 65.1 Å². The summed E-state index contributed by atoms with van der Waals surface area (Å²) >= 11 is 0. The zero-order valence-corrected chi connectivity index (χ0v) is 32.3. The number of imidazole rings is 1. The fraction of sp³-hybridized carbons (Fsp3) is 0.575. The number of nitrogens with zero attached hydrogens (tertiary/aromatic N) is 5. The standard InChI is InChI=1S/C40H55N9O6/c1-26(2)42-39(53)55-30-18-17-28(22-30)31-23-34(46-45-31)43-37(51)29-24-41-48(25-29)21-12-10-8-6-4-5-7-9-11-14-27-15-13-16-32-36(27)47(3)40(54)49(32)33-19-20-35(50)44-38(33)52/h13,15-16,23-26,28,30,33H,4-12,14,17-22H2,1-3H3,(H,42,53)(H,44,50,52)(H2,43,45,46,51)/t28-,30+,33?/m0/s1. The number of para-hydroxylation sites is 1. The summed E-state index contributed by atoms with van der Waals surface area (Å²) in [6, 6.07) is 7.10. The Balaban J connectivity index is 0.831. The van der Waals surface area contributed by atoms with Gasteiger partial charge in [0.05, 0.1) is 22.8 Å². The van der Waals surface area contributed by atoms with Gasteiger partial charge in [0.1, 0.15) is 12.1 Å². The van der Waals surface area contributed by atoms with Crippen LogP contribution in [0.4, 0.5) is 10.6 Å². The van der Waals surface area contributed by atoms with Crippen molar-refractivity contribution < 1.29 is 23.9 Å². The van der Waals surface area contributed by atoms with Crippen LogP contribution in [0.1, 0.15) is 137 Å². The van der Waals surface area contributed by atoms with Crippen molar-refractivity contribution >= 4 is 40.7 Å². The molecule has 15 heteroatoms. The Hall–Kier alpha value is -5.21. The molecule has 0 spiro atoms. The molecule has 4 heterocycles. The minimum absolute atomic E-state index is 0.0281. The highest BCUT2D eigenvalue weighted by molar-refractivity contribution is 6.03. The van der Waals surface area contributed by atoms with Crippen molar-refractivity contribution in [3.63, 3.8) is 0 Å². The smallest absolute Gasteiger partial charge is 0.407 e. The summed E-state index contributed by atoms with van der Waals surface area (Å²) in [5.41, 5.74) is 3.90. The van der Waals surface area contributed by atoms with E-state index in [9.17, 15) is 24.0 Å². The first-order chi connectivity index (χ1) is 26.6. The number of nitrogens with one attached hydrogen (secondary N) is 4. The lowest BCUT2D eigenvalue weighted by Crippen LogP contribution is -2.44. The Morgan fingerprint density at radius 2 is 1.73 bits per heavy atom. The normalized spacial score (nSPS) is 18.6. The van der Waals surface area contributed by atoms with Gasteiger partial charge in [-0.25, -0.2) is 9.59 Å². The van der Waals surface area contributed by atoms with Crippen molar-refractivity contribution in [3.05, 3.63) is 64.0 Å². The van der Waals surface area contributed by atoms with E-state index in [1.807, 2.05) is 36.7 Å². The second-order valence-electron chi connectivity index (χ2n) is 15.4. The Kier molecular flexibility index (Phi) is 13.2. The molecule has 296 valence electrons. The summed E-state index contributed by atoms with van der Waals surface area (Å²) in [7, 11) is 1.75. The van der Waals surface area contributed by atoms with Crippen molar-refractivity contribution in [3.8, 4) is 0 Å². The second kappa shape index (κ2) is 18.4. The van der Waals surface area contributed by atoms with Crippen LogP contribution >= 0.6 is 0 Å². The fourth-order valence-electron chi connectivity index (χ4n) is 7.93. The van der Waals surface area contributed by atoms with Gasteiger partial charge in [-0.15, -0.1) is 0 Å². The van der Waals surface area contributed by atoms with Gasteiger partial charge in [0.25, 0.3) is 5.91 Å². The van der Waals surface area contributed by atoms with Gasteiger partial charge in [-0.05, 0) is 70.4 Å². The van der Waals surface area contributed by atoms with Gasteiger partial charge in [-0.1, -0.05) is 57.1 Å². The van der Waals surface area contributed by atoms with Crippen molar-refractivity contribution in [2.24, 2.45) is 7.05 Å². The van der Waals surface area contributed by atoms with Gasteiger partial charge >= 0.3 is 11.8 Å². The number of carbonyl (C=O) groups is 4. The highest BCUT2D eigenvalue weighted by atomic mass is 16.6. The Bertz CT molecular complexity index is 2020. The van der Waals surface area contributed by atoms with Crippen LogP contribution in [0.5, 0.6) is 0 Å². The number of aromatic amines is 1. The van der Waals surface area contributed by atoms with Crippen LogP contribution in [0.15, 0.2) is 41.5 Å². The molecule has 2 aliphatic rings. The third kappa shape index (κ3) is 10.1. The van der Waals surface area contributed by atoms with E-state index in [1.54, 1.807) is 28.6 Å². The van der Waals surface area contributed by atoms with Gasteiger partial charge in [-0.2, -0.15) is 10.2 Å². The van der Waals surface area contributed by atoms with E-state index in [0.29, 0.717) is 24.2 Å². The molecule has 4 amide bonds. The van der Waals surface area contributed by atoms with E-state index < -0.39 is 11.9 Å². The molecule has 4 aromatic rings. The predicted molar refractivity (Wildman–Crippen MR) is 208 cm³/mol. The number of amides is 4. The third-order valence-electron chi connectivity index (χ3n) is 10.8. The van der Waals surface area contributed by atoms with E-state index in [4.69, 9.17) is 4.74 Å². The van der Waals surface area contributed by atoms with E-state index >= 15 is 0 Å². The molecule has 2 fully saturated rings. The molecule has 6 rings (SSSR count). The van der Waals surface area contributed by atoms with Crippen molar-refractivity contribution in [1.82, 2.24) is 39.7 Å². The zero-order chi connectivity index (χ0) is 38.9. The molecule has 0 bridgehead atoms. The molecule has 1 aromatic carbocycles. The molecule has 1 aliphatic carbocycles. The summed E-state index contributed by atoms with van der Waals surface area (Å²) < 4.78 is 10.5. The molecule has 4 N–H and O–H groups in total. The maximum atomic E-state index is 13.2. The molecule has 15 nitrogen and oxygen atoms in total. The maximum absolute atomic E-state index is 13.2. The van der Waals surface area contributed by atoms with E-state index in [1.165, 1.54) is 25.7 Å². The first-order valence-corrected chi connectivity index (χ1v) is 20.0. The Morgan fingerprint density at radius 3 is 2.47 bits per heavy atom. The van der Waals surface area contributed by atoms with E-state index in [0.717, 1.165) is 80.2 Å². The van der Waals surface area contributed by atoms with Gasteiger partial charge in [0.2, 0.25) is 11.8 Å². The number of ether oxygens (including phenoxy) is 1. The zero-order valence-electron chi connectivity index (χ0n) is 32.3. The number of aromatic nitrogens is 6. The molecule has 0 radical (unpaired) electrons. The van der Waals surface area contributed by atoms with Gasteiger partial charge < -0.3 is 15.4 Å². The molecular weight excluding hydrogens is 702 g/mol. The largest absolute Gasteiger partial charge is 0.446 e. The highest BCUT2D eigenvalue weighted by Gasteiger charge is 2.32. The summed E-state index contributed by atoms with van der Waals surface area (Å²) in [6.45, 7) is 4.55. The van der Waals surface area contributed by atoms with E-state index in [-0.39, 0.29) is 48.1 Å². The van der Waals surface area contributed by atoms with Crippen LogP contribution in [0.25, 0.3) is 11.0 Å². The minimum Gasteiger partial charge on any atom is -0.446 e. The van der Waals surface area contributed by atoms with Gasteiger partial charge in [0, 0.05) is 49.9 Å². The lowest BCUT2D eigenvalue weighted by Gasteiger charge is -2.21. The number of fused-ring (bicyclic) bond motifs is 1. The molecule has 1 saturated heterocycles. The van der Waals surface area contributed by atoms with Crippen LogP contribution in [0.3, 0.4) is 0 Å². The number of rotatable bonds is 18. The molecule has 55 heavy (non-hydrogen) atoms. The SMILES string of the molecule is CC(C)NC(=O)O[C@@H]1CC[C@H](c2cc(NC(=O)c3cnn(CCCCCCCCCCCc4cccc5c4n(C)c(=O)n5C4CCC(=O)NC4=O)c3)n[nH]2)C1. The average Bonchev–Trinajstić information content (AvgIpc) is 3.96. The van der Waals surface area contributed by atoms with E-state index in [2.05, 4.69) is 37.3 Å². The molecule has 1 saturated carbocycles. The molecule has 1 unspecified atom stereocenters. The molecular formula is C40H55N9O6. The highest BCUT2D eigenvalue weighted by Crippen LogP contribution is 2.36. The number of unbranched alkanes of at least 4 members (excludes halogenated alkanes) is 8. The summed E-state index contributed by atoms with van der Waals surface area (Å²) in [6.07, 6.45) is 16.8. The summed E-state index contributed by atoms with van der Waals surface area (Å²) in [4.78, 5) is 62.2. The summed E-state index contributed by atoms with van der Waals surface area (Å²) in [5, 5.41) is 19.7. The Morgan fingerprint density at radius 1 is 0.982 bits per heavy atom. The van der Waals surface area contributed by atoms with Crippen molar-refractivity contribution in [1.29, 1.82) is 0 Å². The number of aryl methyl sites for hydroxylation is 3. The fourth-order valence-corrected chi connectivity index (χ4v) is 7.93. The van der Waals surface area contributed by atoms with Crippen molar-refractivity contribution in [2.75, 3.05) is 5.32 Å². The number of alkyl carbamates (subject to hydrolysis) is 1. The van der Waals surface area contributed by atoms with Crippen LogP contribution in [0.2, 0.25) is 0 Å². The van der Waals surface area contributed by atoms with Crippen LogP contribution in [-0.2, 0) is 34.3 Å². The average molecular weight is 758 g/mol. The van der Waals surface area contributed by atoms with Crippen molar-refractivity contribution in [2.45, 2.75) is 141 Å². The number of H-pyrrole nitrogens is 1. The van der Waals surface area contributed by atoms with Crippen LogP contribution < -0.4 is 21.6 Å². The third-order valence-corrected chi connectivity index (χ3v) is 10.8. The first-order valence-electron chi connectivity index (χ1n) is 20.0. The number of carbonyl (C=O) groups excluding carboxylic acids is 4. The monoisotopic (exact) mass is 757 g/mol. The molecule has 1 aliphatic heterocycles. The lowest BCUT2D eigenvalue weighted by atomic mass is 10.0. The first kappa shape index (κ1) is 39.5. The predicted octanol–water partition coefficient (Wildman–Crippen LogP) is 6.01. The molecule has 3 atom stereocenters. The van der Waals surface area contributed by atoms with Gasteiger partial charge in [-0.3, -0.25) is 38.6 Å². The number of anilines is 1. The number of benzene rings is 1. The quantitative estimate of drug-likeness (QED) is 0.0701. The number of hydrogen-bond donors (Lipinski definition) is 4. The van der Waals surface area contributed by atoms with Gasteiger partial charge in [0.15, 0.2) is 5.82 Å². The topological polar surface area (TPSA) is 187 Å². The maximum Gasteiger partial charge on any atom is 0.407 e. The number of piperidine rings is 1. The minimum atomic E-state index is -0.670. The summed E-state index contributed by atoms with van der Waals surface area (Å²) in [5.74, 6) is -0.317. The lowest BCUT2D eigenvalue weighted by molar-refractivity contribution is -0.135. The second-order valence-corrected chi connectivity index (χ2v) is 15.4. The molecule has 3 aromatic heterocycles.